The van der Waals surface area contributed by atoms with Gasteiger partial charge >= 0.3 is 0 Å². The molecule has 0 saturated carbocycles. The van der Waals surface area contributed by atoms with Gasteiger partial charge in [-0.15, -0.1) is 11.6 Å². The predicted molar refractivity (Wildman–Crippen MR) is 184 cm³/mol. The van der Waals surface area contributed by atoms with Gasteiger partial charge in [-0.25, -0.2) is 15.0 Å². The van der Waals surface area contributed by atoms with Gasteiger partial charge in [-0.3, -0.25) is 4.79 Å². The summed E-state index contributed by atoms with van der Waals surface area (Å²) < 4.78 is 11.6. The number of aromatic nitrogens is 3. The molecular formula is C37H32ClN7O3. The Labute approximate surface area is 282 Å². The number of benzene rings is 2. The van der Waals surface area contributed by atoms with Gasteiger partial charge < -0.3 is 25.1 Å². The number of nitriles is 1. The van der Waals surface area contributed by atoms with Crippen molar-refractivity contribution in [3.8, 4) is 11.9 Å². The lowest BCUT2D eigenvalue weighted by molar-refractivity contribution is 0.0901. The van der Waals surface area contributed by atoms with E-state index in [1.807, 2.05) is 61.5 Å². The summed E-state index contributed by atoms with van der Waals surface area (Å²) in [5.74, 6) is 0.224. The highest BCUT2D eigenvalue weighted by molar-refractivity contribution is 6.28. The molecule has 1 aliphatic heterocycles. The molecule has 2 aromatic carbocycles. The lowest BCUT2D eigenvalue weighted by Crippen LogP contribution is -2.52. The maximum atomic E-state index is 14.0. The van der Waals surface area contributed by atoms with Crippen LogP contribution in [0.15, 0.2) is 89.5 Å². The van der Waals surface area contributed by atoms with Crippen molar-refractivity contribution in [2.75, 3.05) is 19.0 Å². The fourth-order valence-electron chi connectivity index (χ4n) is 6.18. The van der Waals surface area contributed by atoms with Gasteiger partial charge in [0.05, 0.1) is 18.1 Å². The van der Waals surface area contributed by atoms with Gasteiger partial charge in [0.1, 0.15) is 17.3 Å². The molecule has 4 heterocycles. The van der Waals surface area contributed by atoms with Crippen LogP contribution in [0.3, 0.4) is 0 Å². The third-order valence-corrected chi connectivity index (χ3v) is 9.28. The molecule has 5 aromatic rings. The number of carbonyl (C=O) groups excluding carboxylic acids is 1. The Morgan fingerprint density at radius 1 is 1.19 bits per heavy atom. The van der Waals surface area contributed by atoms with E-state index in [-0.39, 0.29) is 11.6 Å². The number of oxazole rings is 1. The fourth-order valence-corrected chi connectivity index (χ4v) is 6.59. The van der Waals surface area contributed by atoms with Crippen molar-refractivity contribution in [1.82, 2.24) is 25.6 Å². The number of pyridine rings is 2. The average Bonchev–Trinajstić information content (AvgIpc) is 3.56. The number of carbonyl (C=O) groups is 1. The third-order valence-electron chi connectivity index (χ3n) is 8.70. The zero-order chi connectivity index (χ0) is 33.3. The van der Waals surface area contributed by atoms with Crippen molar-refractivity contribution in [1.29, 1.82) is 5.26 Å². The molecule has 11 heteroatoms. The number of fused-ring (bicyclic) bond motifs is 2. The van der Waals surface area contributed by atoms with E-state index < -0.39 is 16.8 Å². The number of halogens is 1. The lowest BCUT2D eigenvalue weighted by Gasteiger charge is -2.36. The summed E-state index contributed by atoms with van der Waals surface area (Å²) in [6.45, 7) is 3.92. The second kappa shape index (κ2) is 13.0. The van der Waals surface area contributed by atoms with Crippen LogP contribution in [0.2, 0.25) is 0 Å². The van der Waals surface area contributed by atoms with Crippen molar-refractivity contribution in [2.45, 2.75) is 37.4 Å². The Hall–Kier alpha value is -5.50. The maximum absolute atomic E-state index is 14.0. The molecule has 3 aromatic heterocycles. The van der Waals surface area contributed by atoms with E-state index in [0.29, 0.717) is 35.6 Å². The summed E-state index contributed by atoms with van der Waals surface area (Å²) in [4.78, 5) is 27.8. The number of allylic oxidation sites excluding steroid dienone is 2. The summed E-state index contributed by atoms with van der Waals surface area (Å²) in [6, 6.07) is 21.1. The Balaban J connectivity index is 1.29. The number of alkyl halides is 1. The van der Waals surface area contributed by atoms with Crippen LogP contribution in [0.5, 0.6) is 5.88 Å². The molecule has 3 N–H and O–H groups in total. The first-order valence-corrected chi connectivity index (χ1v) is 16.0. The highest BCUT2D eigenvalue weighted by Gasteiger charge is 2.47. The van der Waals surface area contributed by atoms with E-state index in [4.69, 9.17) is 30.7 Å². The van der Waals surface area contributed by atoms with Crippen LogP contribution >= 0.6 is 11.6 Å². The average molecular weight is 658 g/mol. The van der Waals surface area contributed by atoms with Crippen LogP contribution in [-0.4, -0.2) is 39.9 Å². The molecule has 7 rings (SSSR count). The van der Waals surface area contributed by atoms with Gasteiger partial charge in [0, 0.05) is 49.7 Å². The van der Waals surface area contributed by atoms with E-state index >= 15 is 0 Å². The first-order chi connectivity index (χ1) is 23.4. The standard InChI is InChI=1S/C37H32ClN7O3/c1-22-6-3-4-7-27(22)28-8-5-13-37(34(28)38,45-35(46)30-10-9-24-21-40-14-12-29(24)43-30)36-44-31-17-23(16-25(19-39)33(31)48-36)20-42-26-11-15-41-32(18-26)47-2/h3-11,13,15-18,34,40H,12,14,20-21H2,1-2H3,(H,41,42)(H,45,46). The number of aryl methyl sites for hydroxylation is 1. The minimum Gasteiger partial charge on any atom is -0.481 e. The van der Waals surface area contributed by atoms with Crippen molar-refractivity contribution < 1.29 is 13.9 Å². The van der Waals surface area contributed by atoms with E-state index in [1.165, 1.54) is 0 Å². The first-order valence-electron chi connectivity index (χ1n) is 15.6. The molecule has 0 spiro atoms. The number of methoxy groups -OCH3 is 1. The van der Waals surface area contributed by atoms with Crippen LogP contribution in [0.1, 0.15) is 49.9 Å². The Morgan fingerprint density at radius 3 is 2.90 bits per heavy atom. The van der Waals surface area contributed by atoms with E-state index in [2.05, 4.69) is 27.0 Å². The second-order valence-electron chi connectivity index (χ2n) is 11.8. The fraction of sp³-hybridized carbons (Fsp3) is 0.216. The SMILES string of the molecule is COc1cc(NCc2cc(C#N)c3oc(C4(NC(=O)c5ccc6c(n5)CCNC6)C=CC=C(c5ccccc5C)C4Cl)nc3c2)ccn1. The molecule has 240 valence electrons. The normalized spacial score (nSPS) is 18.5. The summed E-state index contributed by atoms with van der Waals surface area (Å²) >= 11 is 7.41. The van der Waals surface area contributed by atoms with Crippen LogP contribution in [0, 0.1) is 18.3 Å². The highest BCUT2D eigenvalue weighted by Crippen LogP contribution is 2.43. The van der Waals surface area contributed by atoms with Crippen molar-refractivity contribution in [3.05, 3.63) is 130 Å². The zero-order valence-electron chi connectivity index (χ0n) is 26.4. The quantitative estimate of drug-likeness (QED) is 0.173. The van der Waals surface area contributed by atoms with Crippen LogP contribution < -0.4 is 20.7 Å². The maximum Gasteiger partial charge on any atom is 0.271 e. The lowest BCUT2D eigenvalue weighted by atomic mass is 9.81. The Morgan fingerprint density at radius 2 is 2.06 bits per heavy atom. The zero-order valence-corrected chi connectivity index (χ0v) is 27.1. The van der Waals surface area contributed by atoms with Crippen molar-refractivity contribution in [2.24, 2.45) is 0 Å². The number of rotatable bonds is 8. The monoisotopic (exact) mass is 657 g/mol. The number of anilines is 1. The molecule has 0 saturated heterocycles. The summed E-state index contributed by atoms with van der Waals surface area (Å²) in [5.41, 5.74) is 6.28. The van der Waals surface area contributed by atoms with Crippen LogP contribution in [-0.2, 0) is 25.0 Å². The summed E-state index contributed by atoms with van der Waals surface area (Å²) in [6.07, 6.45) is 7.97. The minimum atomic E-state index is -1.41. The number of hydrogen-bond acceptors (Lipinski definition) is 9. The van der Waals surface area contributed by atoms with Gasteiger partial charge in [-0.1, -0.05) is 42.5 Å². The molecule has 1 amide bonds. The first kappa shape index (κ1) is 31.1. The summed E-state index contributed by atoms with van der Waals surface area (Å²) in [7, 11) is 1.56. The third kappa shape index (κ3) is 5.79. The van der Waals surface area contributed by atoms with Crippen LogP contribution in [0.4, 0.5) is 5.69 Å². The molecule has 2 atom stereocenters. The molecule has 1 aliphatic carbocycles. The van der Waals surface area contributed by atoms with E-state index in [9.17, 15) is 10.1 Å². The number of nitrogens with zero attached hydrogens (tertiary/aromatic N) is 4. The minimum absolute atomic E-state index is 0.156. The Kier molecular flexibility index (Phi) is 8.40. The molecule has 0 radical (unpaired) electrons. The molecule has 2 aliphatic rings. The summed E-state index contributed by atoms with van der Waals surface area (Å²) in [5, 5.41) is 19.2. The molecule has 0 fully saturated rings. The number of nitrogens with one attached hydrogen (secondary N) is 3. The van der Waals surface area contributed by atoms with Gasteiger partial charge in [-0.05, 0) is 65.1 Å². The second-order valence-corrected chi connectivity index (χ2v) is 12.2. The van der Waals surface area contributed by atoms with E-state index in [0.717, 1.165) is 52.2 Å². The van der Waals surface area contributed by atoms with Gasteiger partial charge in [-0.2, -0.15) is 5.26 Å². The number of amides is 1. The molecule has 10 nitrogen and oxygen atoms in total. The molecular weight excluding hydrogens is 626 g/mol. The number of hydrogen-bond donors (Lipinski definition) is 3. The highest BCUT2D eigenvalue weighted by atomic mass is 35.5. The molecule has 48 heavy (non-hydrogen) atoms. The Bertz CT molecular complexity index is 2150. The van der Waals surface area contributed by atoms with Crippen molar-refractivity contribution >= 4 is 39.9 Å². The van der Waals surface area contributed by atoms with Crippen LogP contribution in [0.25, 0.3) is 16.7 Å². The smallest absolute Gasteiger partial charge is 0.271 e. The van der Waals surface area contributed by atoms with Gasteiger partial charge in [0.15, 0.2) is 11.1 Å². The molecule has 2 unspecified atom stereocenters. The number of ether oxygens (including phenoxy) is 1. The predicted octanol–water partition coefficient (Wildman–Crippen LogP) is 5.95. The van der Waals surface area contributed by atoms with E-state index in [1.54, 1.807) is 37.6 Å². The largest absolute Gasteiger partial charge is 0.481 e. The topological polar surface area (TPSA) is 138 Å². The van der Waals surface area contributed by atoms with Crippen molar-refractivity contribution in [3.63, 3.8) is 0 Å². The van der Waals surface area contributed by atoms with Gasteiger partial charge in [0.25, 0.3) is 5.91 Å². The molecule has 0 bridgehead atoms. The van der Waals surface area contributed by atoms with Gasteiger partial charge in [0.2, 0.25) is 11.8 Å².